The van der Waals surface area contributed by atoms with Crippen molar-refractivity contribution in [3.05, 3.63) is 36.3 Å². The molecule has 1 fully saturated rings. The summed E-state index contributed by atoms with van der Waals surface area (Å²) >= 11 is 0. The second-order valence-electron chi connectivity index (χ2n) is 6.32. The van der Waals surface area contributed by atoms with Crippen molar-refractivity contribution in [2.45, 2.75) is 25.5 Å². The van der Waals surface area contributed by atoms with Crippen molar-refractivity contribution in [2.24, 2.45) is 0 Å². The van der Waals surface area contributed by atoms with Gasteiger partial charge in [0.15, 0.2) is 11.5 Å². The van der Waals surface area contributed by atoms with Gasteiger partial charge in [-0.05, 0) is 30.5 Å². The number of rotatable bonds is 7. The average molecular weight is 367 g/mol. The summed E-state index contributed by atoms with van der Waals surface area (Å²) in [6.45, 7) is 0.309. The van der Waals surface area contributed by atoms with Crippen molar-refractivity contribution in [2.75, 3.05) is 25.2 Å². The molecular formula is C18H21N7O2. The summed E-state index contributed by atoms with van der Waals surface area (Å²) < 4.78 is 13.3. The number of benzene rings is 1. The first-order valence-corrected chi connectivity index (χ1v) is 8.70. The molecular weight excluding hydrogens is 346 g/mol. The average Bonchev–Trinajstić information content (AvgIpc) is 3.44. The number of methoxy groups -OCH3 is 1. The molecule has 1 saturated carbocycles. The van der Waals surface area contributed by atoms with E-state index in [9.17, 15) is 0 Å². The fraction of sp³-hybridized carbons (Fsp3) is 0.333. The third kappa shape index (κ3) is 3.62. The van der Waals surface area contributed by atoms with Crippen molar-refractivity contribution in [1.82, 2.24) is 25.0 Å². The minimum absolute atomic E-state index is 0.215. The second kappa shape index (κ2) is 7.10. The minimum atomic E-state index is 0.215. The molecule has 1 aliphatic carbocycles. The van der Waals surface area contributed by atoms with Crippen LogP contribution in [0.5, 0.6) is 11.5 Å². The molecule has 0 radical (unpaired) electrons. The van der Waals surface area contributed by atoms with Crippen LogP contribution in [0.1, 0.15) is 24.6 Å². The summed E-state index contributed by atoms with van der Waals surface area (Å²) in [4.78, 5) is 8.31. The number of nitrogens with one attached hydrogen (secondary N) is 1. The van der Waals surface area contributed by atoms with Crippen LogP contribution in [-0.2, 0) is 6.61 Å². The molecule has 0 atom stereocenters. The molecule has 0 saturated heterocycles. The van der Waals surface area contributed by atoms with Gasteiger partial charge in [-0.1, -0.05) is 11.3 Å². The third-order valence-electron chi connectivity index (χ3n) is 4.37. The second-order valence-corrected chi connectivity index (χ2v) is 6.32. The first-order valence-electron chi connectivity index (χ1n) is 8.70. The van der Waals surface area contributed by atoms with Gasteiger partial charge < -0.3 is 20.5 Å². The Bertz CT molecular complexity index is 953. The molecule has 140 valence electrons. The van der Waals surface area contributed by atoms with Crippen LogP contribution in [0.3, 0.4) is 0 Å². The smallest absolute Gasteiger partial charge is 0.221 e. The van der Waals surface area contributed by atoms with E-state index >= 15 is 0 Å². The zero-order valence-corrected chi connectivity index (χ0v) is 15.2. The zero-order chi connectivity index (χ0) is 18.8. The van der Waals surface area contributed by atoms with Crippen LogP contribution in [0.2, 0.25) is 0 Å². The maximum atomic E-state index is 5.96. The molecule has 3 aromatic rings. The molecule has 27 heavy (non-hydrogen) atoms. The van der Waals surface area contributed by atoms with Crippen molar-refractivity contribution >= 4 is 11.8 Å². The summed E-state index contributed by atoms with van der Waals surface area (Å²) in [7, 11) is 3.39. The Balaban J connectivity index is 1.58. The lowest BCUT2D eigenvalue weighted by Gasteiger charge is -2.13. The molecule has 3 N–H and O–H groups in total. The summed E-state index contributed by atoms with van der Waals surface area (Å²) in [5.74, 6) is 2.10. The van der Waals surface area contributed by atoms with Crippen molar-refractivity contribution in [3.8, 4) is 22.6 Å². The first kappa shape index (κ1) is 17.1. The van der Waals surface area contributed by atoms with E-state index in [1.54, 1.807) is 20.4 Å². The summed E-state index contributed by atoms with van der Waals surface area (Å²) in [5, 5.41) is 11.4. The fourth-order valence-electron chi connectivity index (χ4n) is 2.80. The Morgan fingerprint density at radius 1 is 1.30 bits per heavy atom. The quantitative estimate of drug-likeness (QED) is 0.654. The Hall–Kier alpha value is -3.36. The highest BCUT2D eigenvalue weighted by atomic mass is 16.5. The van der Waals surface area contributed by atoms with Crippen molar-refractivity contribution in [3.63, 3.8) is 0 Å². The van der Waals surface area contributed by atoms with Gasteiger partial charge in [-0.25, -0.2) is 9.67 Å². The highest BCUT2D eigenvalue weighted by Gasteiger charge is 2.25. The zero-order valence-electron chi connectivity index (χ0n) is 15.2. The van der Waals surface area contributed by atoms with Crippen LogP contribution in [0.25, 0.3) is 11.1 Å². The molecule has 9 heteroatoms. The van der Waals surface area contributed by atoms with E-state index in [1.165, 1.54) is 0 Å². The van der Waals surface area contributed by atoms with Gasteiger partial charge in [0, 0.05) is 18.8 Å². The predicted molar refractivity (Wildman–Crippen MR) is 101 cm³/mol. The monoisotopic (exact) mass is 367 g/mol. The topological polar surface area (TPSA) is 113 Å². The Kier molecular flexibility index (Phi) is 4.49. The molecule has 9 nitrogen and oxygen atoms in total. The number of nitrogens with two attached hydrogens (primary N) is 1. The summed E-state index contributed by atoms with van der Waals surface area (Å²) in [6, 6.07) is 6.15. The van der Waals surface area contributed by atoms with Crippen molar-refractivity contribution < 1.29 is 9.47 Å². The normalized spacial score (nSPS) is 13.4. The standard InChI is InChI=1S/C18H21N7O2/c1-20-17-14(8-21-18(19)22-17)11-3-6-15(26-2)16(7-11)27-10-12-9-25(24-23-12)13-4-5-13/h3,6-9,13H,4-5,10H2,1-2H3,(H3,19,20,21,22). The maximum absolute atomic E-state index is 5.96. The number of nitrogen functional groups attached to an aromatic ring is 1. The molecule has 0 spiro atoms. The van der Waals surface area contributed by atoms with E-state index in [2.05, 4.69) is 25.6 Å². The molecule has 1 aromatic carbocycles. The number of nitrogens with zero attached hydrogens (tertiary/aromatic N) is 5. The van der Waals surface area contributed by atoms with Gasteiger partial charge in [-0.15, -0.1) is 5.10 Å². The number of ether oxygens (including phenoxy) is 2. The minimum Gasteiger partial charge on any atom is -0.493 e. The van der Waals surface area contributed by atoms with Gasteiger partial charge in [0.2, 0.25) is 5.95 Å². The van der Waals surface area contributed by atoms with Gasteiger partial charge in [-0.3, -0.25) is 0 Å². The van der Waals surface area contributed by atoms with E-state index in [0.717, 1.165) is 29.7 Å². The van der Waals surface area contributed by atoms with E-state index in [0.29, 0.717) is 30.0 Å². The lowest BCUT2D eigenvalue weighted by molar-refractivity contribution is 0.280. The Labute approximate surface area is 156 Å². The summed E-state index contributed by atoms with van der Waals surface area (Å²) in [5.41, 5.74) is 8.16. The molecule has 0 unspecified atom stereocenters. The van der Waals surface area contributed by atoms with Crippen LogP contribution in [0.4, 0.5) is 11.8 Å². The number of aromatic nitrogens is 5. The van der Waals surface area contributed by atoms with Crippen LogP contribution in [-0.4, -0.2) is 39.1 Å². The SMILES string of the molecule is CNc1nc(N)ncc1-c1ccc(OC)c(OCc2cn(C3CC3)nn2)c1. The molecule has 2 aromatic heterocycles. The highest BCUT2D eigenvalue weighted by molar-refractivity contribution is 5.76. The highest BCUT2D eigenvalue weighted by Crippen LogP contribution is 2.36. The van der Waals surface area contributed by atoms with Crippen molar-refractivity contribution in [1.29, 1.82) is 0 Å². The van der Waals surface area contributed by atoms with E-state index in [-0.39, 0.29) is 5.95 Å². The van der Waals surface area contributed by atoms with Crippen LogP contribution < -0.4 is 20.5 Å². The molecule has 0 bridgehead atoms. The number of hydrogen-bond donors (Lipinski definition) is 2. The van der Waals surface area contributed by atoms with Gasteiger partial charge in [0.1, 0.15) is 18.1 Å². The summed E-state index contributed by atoms with van der Waals surface area (Å²) in [6.07, 6.45) is 5.94. The van der Waals surface area contributed by atoms with Gasteiger partial charge in [0.05, 0.1) is 19.3 Å². The van der Waals surface area contributed by atoms with Crippen LogP contribution in [0.15, 0.2) is 30.6 Å². The molecule has 4 rings (SSSR count). The Morgan fingerprint density at radius 2 is 2.15 bits per heavy atom. The molecule has 2 heterocycles. The van der Waals surface area contributed by atoms with E-state index in [1.807, 2.05) is 29.1 Å². The largest absolute Gasteiger partial charge is 0.493 e. The first-order chi connectivity index (χ1) is 13.2. The molecule has 0 amide bonds. The number of hydrogen-bond acceptors (Lipinski definition) is 8. The predicted octanol–water partition coefficient (Wildman–Crippen LogP) is 2.28. The Morgan fingerprint density at radius 3 is 2.89 bits per heavy atom. The van der Waals surface area contributed by atoms with Gasteiger partial charge in [0.25, 0.3) is 0 Å². The number of anilines is 2. The third-order valence-corrected chi connectivity index (χ3v) is 4.37. The van der Waals surface area contributed by atoms with E-state index < -0.39 is 0 Å². The molecule has 1 aliphatic rings. The van der Waals surface area contributed by atoms with Gasteiger partial charge >= 0.3 is 0 Å². The van der Waals surface area contributed by atoms with Crippen LogP contribution >= 0.6 is 0 Å². The van der Waals surface area contributed by atoms with Crippen LogP contribution in [0, 0.1) is 0 Å². The fourth-order valence-corrected chi connectivity index (χ4v) is 2.80. The molecule has 0 aliphatic heterocycles. The van der Waals surface area contributed by atoms with E-state index in [4.69, 9.17) is 15.2 Å². The van der Waals surface area contributed by atoms with Gasteiger partial charge in [-0.2, -0.15) is 4.98 Å². The lowest BCUT2D eigenvalue weighted by Crippen LogP contribution is -2.02. The maximum Gasteiger partial charge on any atom is 0.221 e. The lowest BCUT2D eigenvalue weighted by atomic mass is 10.1.